The SMILES string of the molecule is CN1CCC(N(C)C(=O)CCNC2CC2)CC1. The first-order valence-corrected chi connectivity index (χ1v) is 6.84. The van der Waals surface area contributed by atoms with E-state index in [9.17, 15) is 4.79 Å². The smallest absolute Gasteiger partial charge is 0.223 e. The van der Waals surface area contributed by atoms with E-state index in [2.05, 4.69) is 17.3 Å². The van der Waals surface area contributed by atoms with Crippen molar-refractivity contribution in [2.24, 2.45) is 0 Å². The lowest BCUT2D eigenvalue weighted by atomic mass is 10.0. The van der Waals surface area contributed by atoms with Crippen LogP contribution in [0.4, 0.5) is 0 Å². The van der Waals surface area contributed by atoms with Gasteiger partial charge >= 0.3 is 0 Å². The molecule has 1 aliphatic carbocycles. The maximum atomic E-state index is 12.0. The van der Waals surface area contributed by atoms with Crippen LogP contribution < -0.4 is 5.32 Å². The molecule has 0 aromatic heterocycles. The van der Waals surface area contributed by atoms with E-state index in [1.54, 1.807) is 0 Å². The van der Waals surface area contributed by atoms with Gasteiger partial charge in [-0.1, -0.05) is 0 Å². The average molecular weight is 239 g/mol. The average Bonchev–Trinajstić information content (AvgIpc) is 3.13. The van der Waals surface area contributed by atoms with Crippen molar-refractivity contribution >= 4 is 5.91 Å². The van der Waals surface area contributed by atoms with Crippen LogP contribution in [0.25, 0.3) is 0 Å². The van der Waals surface area contributed by atoms with Gasteiger partial charge in [-0.3, -0.25) is 4.79 Å². The number of amides is 1. The Morgan fingerprint density at radius 3 is 2.53 bits per heavy atom. The zero-order chi connectivity index (χ0) is 12.3. The maximum absolute atomic E-state index is 12.0. The Morgan fingerprint density at radius 2 is 1.94 bits per heavy atom. The monoisotopic (exact) mass is 239 g/mol. The lowest BCUT2D eigenvalue weighted by Gasteiger charge is -2.35. The Hall–Kier alpha value is -0.610. The molecule has 98 valence electrons. The second-order valence-electron chi connectivity index (χ2n) is 5.52. The quantitative estimate of drug-likeness (QED) is 0.766. The van der Waals surface area contributed by atoms with Crippen LogP contribution in [0.1, 0.15) is 32.1 Å². The summed E-state index contributed by atoms with van der Waals surface area (Å²) in [5, 5.41) is 3.40. The van der Waals surface area contributed by atoms with Crippen LogP contribution in [-0.4, -0.2) is 61.5 Å². The Bertz CT molecular complexity index is 257. The van der Waals surface area contributed by atoms with Crippen molar-refractivity contribution in [3.63, 3.8) is 0 Å². The van der Waals surface area contributed by atoms with Gasteiger partial charge in [0, 0.05) is 32.1 Å². The molecule has 1 aliphatic heterocycles. The van der Waals surface area contributed by atoms with Crippen molar-refractivity contribution in [3.05, 3.63) is 0 Å². The first kappa shape index (κ1) is 12.8. The van der Waals surface area contributed by atoms with E-state index in [0.717, 1.165) is 32.5 Å². The molecule has 0 spiro atoms. The number of nitrogens with zero attached hydrogens (tertiary/aromatic N) is 2. The molecule has 1 heterocycles. The minimum Gasteiger partial charge on any atom is -0.343 e. The van der Waals surface area contributed by atoms with E-state index >= 15 is 0 Å². The largest absolute Gasteiger partial charge is 0.343 e. The molecule has 0 aromatic carbocycles. The normalized spacial score (nSPS) is 22.7. The van der Waals surface area contributed by atoms with Crippen molar-refractivity contribution < 1.29 is 4.79 Å². The highest BCUT2D eigenvalue weighted by Gasteiger charge is 2.24. The van der Waals surface area contributed by atoms with Crippen LogP contribution in [0, 0.1) is 0 Å². The predicted molar refractivity (Wildman–Crippen MR) is 68.9 cm³/mol. The Kier molecular flexibility index (Phi) is 4.40. The summed E-state index contributed by atoms with van der Waals surface area (Å²) in [6.07, 6.45) is 5.47. The summed E-state index contributed by atoms with van der Waals surface area (Å²) < 4.78 is 0. The van der Waals surface area contributed by atoms with E-state index in [1.807, 2.05) is 11.9 Å². The fraction of sp³-hybridized carbons (Fsp3) is 0.923. The summed E-state index contributed by atoms with van der Waals surface area (Å²) in [6, 6.07) is 1.16. The van der Waals surface area contributed by atoms with Crippen molar-refractivity contribution in [3.8, 4) is 0 Å². The van der Waals surface area contributed by atoms with Gasteiger partial charge in [0.1, 0.15) is 0 Å². The summed E-state index contributed by atoms with van der Waals surface area (Å²) in [5.41, 5.74) is 0. The summed E-state index contributed by atoms with van der Waals surface area (Å²) in [5.74, 6) is 0.299. The highest BCUT2D eigenvalue weighted by molar-refractivity contribution is 5.76. The van der Waals surface area contributed by atoms with E-state index in [0.29, 0.717) is 24.4 Å². The maximum Gasteiger partial charge on any atom is 0.223 e. The molecule has 0 aromatic rings. The summed E-state index contributed by atoms with van der Waals surface area (Å²) in [4.78, 5) is 16.3. The van der Waals surface area contributed by atoms with Gasteiger partial charge in [-0.05, 0) is 45.8 Å². The third-order valence-electron chi connectivity index (χ3n) is 3.98. The van der Waals surface area contributed by atoms with Crippen LogP contribution in [0.3, 0.4) is 0 Å². The van der Waals surface area contributed by atoms with Gasteiger partial charge in [0.05, 0.1) is 0 Å². The second kappa shape index (κ2) is 5.83. The summed E-state index contributed by atoms with van der Waals surface area (Å²) in [7, 11) is 4.12. The van der Waals surface area contributed by atoms with Gasteiger partial charge < -0.3 is 15.1 Å². The number of rotatable bonds is 5. The van der Waals surface area contributed by atoms with Gasteiger partial charge in [-0.2, -0.15) is 0 Å². The molecule has 4 heteroatoms. The lowest BCUT2D eigenvalue weighted by molar-refractivity contribution is -0.132. The van der Waals surface area contributed by atoms with E-state index in [1.165, 1.54) is 12.8 Å². The molecule has 2 fully saturated rings. The molecule has 2 rings (SSSR count). The Balaban J connectivity index is 1.66. The number of hydrogen-bond donors (Lipinski definition) is 1. The summed E-state index contributed by atoms with van der Waals surface area (Å²) >= 11 is 0. The van der Waals surface area contributed by atoms with Gasteiger partial charge in [-0.15, -0.1) is 0 Å². The highest BCUT2D eigenvalue weighted by atomic mass is 16.2. The molecule has 1 amide bonds. The molecule has 1 saturated carbocycles. The van der Waals surface area contributed by atoms with Gasteiger partial charge in [0.25, 0.3) is 0 Å². The molecular formula is C13H25N3O. The van der Waals surface area contributed by atoms with Crippen LogP contribution >= 0.6 is 0 Å². The van der Waals surface area contributed by atoms with Crippen LogP contribution in [0.5, 0.6) is 0 Å². The molecule has 0 radical (unpaired) electrons. The Morgan fingerprint density at radius 1 is 1.29 bits per heavy atom. The standard InChI is InChI=1S/C13H25N3O/c1-15-9-6-12(7-10-15)16(2)13(17)5-8-14-11-3-4-11/h11-12,14H,3-10H2,1-2H3. The first-order valence-electron chi connectivity index (χ1n) is 6.84. The molecule has 4 nitrogen and oxygen atoms in total. The van der Waals surface area contributed by atoms with E-state index in [-0.39, 0.29) is 0 Å². The minimum atomic E-state index is 0.299. The minimum absolute atomic E-state index is 0.299. The van der Waals surface area contributed by atoms with Gasteiger partial charge in [0.15, 0.2) is 0 Å². The predicted octanol–water partition coefficient (Wildman–Crippen LogP) is 0.681. The third-order valence-corrected chi connectivity index (χ3v) is 3.98. The zero-order valence-corrected chi connectivity index (χ0v) is 11.1. The number of likely N-dealkylation sites (tertiary alicyclic amines) is 1. The lowest BCUT2D eigenvalue weighted by Crippen LogP contribution is -2.45. The van der Waals surface area contributed by atoms with Crippen molar-refractivity contribution in [2.75, 3.05) is 33.7 Å². The van der Waals surface area contributed by atoms with E-state index < -0.39 is 0 Å². The fourth-order valence-electron chi connectivity index (χ4n) is 2.43. The number of nitrogens with one attached hydrogen (secondary N) is 1. The molecule has 1 saturated heterocycles. The Labute approximate surface area is 104 Å². The molecule has 17 heavy (non-hydrogen) atoms. The molecule has 1 N–H and O–H groups in total. The number of carbonyl (C=O) groups excluding carboxylic acids is 1. The van der Waals surface area contributed by atoms with Crippen molar-refractivity contribution in [1.82, 2.24) is 15.1 Å². The topological polar surface area (TPSA) is 35.6 Å². The third kappa shape index (κ3) is 3.96. The van der Waals surface area contributed by atoms with Gasteiger partial charge in [-0.25, -0.2) is 0 Å². The van der Waals surface area contributed by atoms with Crippen molar-refractivity contribution in [2.45, 2.75) is 44.2 Å². The molecular weight excluding hydrogens is 214 g/mol. The van der Waals surface area contributed by atoms with Crippen LogP contribution in [0.2, 0.25) is 0 Å². The van der Waals surface area contributed by atoms with E-state index in [4.69, 9.17) is 0 Å². The fourth-order valence-corrected chi connectivity index (χ4v) is 2.43. The van der Waals surface area contributed by atoms with Crippen molar-refractivity contribution in [1.29, 1.82) is 0 Å². The number of hydrogen-bond acceptors (Lipinski definition) is 3. The van der Waals surface area contributed by atoms with Crippen LogP contribution in [-0.2, 0) is 4.79 Å². The highest BCUT2D eigenvalue weighted by Crippen LogP contribution is 2.18. The first-order chi connectivity index (χ1) is 8.16. The zero-order valence-electron chi connectivity index (χ0n) is 11.1. The second-order valence-corrected chi connectivity index (χ2v) is 5.52. The van der Waals surface area contributed by atoms with Crippen LogP contribution in [0.15, 0.2) is 0 Å². The molecule has 0 unspecified atom stereocenters. The number of piperidine rings is 1. The molecule has 0 bridgehead atoms. The molecule has 0 atom stereocenters. The number of carbonyl (C=O) groups is 1. The summed E-state index contributed by atoms with van der Waals surface area (Å²) in [6.45, 7) is 3.08. The molecule has 2 aliphatic rings. The van der Waals surface area contributed by atoms with Gasteiger partial charge in [0.2, 0.25) is 5.91 Å².